The molecule has 0 aromatic heterocycles. The first kappa shape index (κ1) is 22.6. The van der Waals surface area contributed by atoms with Crippen molar-refractivity contribution in [1.82, 2.24) is 4.90 Å². The van der Waals surface area contributed by atoms with Crippen molar-refractivity contribution in [3.63, 3.8) is 0 Å². The van der Waals surface area contributed by atoms with E-state index >= 15 is 0 Å². The summed E-state index contributed by atoms with van der Waals surface area (Å²) in [5, 5.41) is 2.85. The van der Waals surface area contributed by atoms with Crippen LogP contribution in [0.15, 0.2) is 66.7 Å². The third-order valence-electron chi connectivity index (χ3n) is 5.08. The molecule has 0 bridgehead atoms. The molecular weight excluding hydrogens is 406 g/mol. The van der Waals surface area contributed by atoms with Crippen LogP contribution in [0.3, 0.4) is 0 Å². The van der Waals surface area contributed by atoms with Crippen LogP contribution in [0.4, 0.5) is 5.69 Å². The third-order valence-corrected chi connectivity index (χ3v) is 5.08. The van der Waals surface area contributed by atoms with Gasteiger partial charge in [-0.1, -0.05) is 12.1 Å². The van der Waals surface area contributed by atoms with Gasteiger partial charge in [0.1, 0.15) is 11.5 Å². The summed E-state index contributed by atoms with van der Waals surface area (Å²) < 4.78 is 5.72. The number of hydrogen-bond donors (Lipinski definition) is 2. The Morgan fingerprint density at radius 2 is 1.44 bits per heavy atom. The maximum Gasteiger partial charge on any atom is 0.254 e. The van der Waals surface area contributed by atoms with E-state index in [4.69, 9.17) is 10.5 Å². The standard InChI is InChI=1S/C25H25N3O4/c1-16-5-4-6-22(17(16)2)27-23(29)15-28(3)25(31)19-9-13-21(14-10-19)32-20-11-7-18(8-12-20)24(26)30/h4-14H,15H2,1-3H3,(H2,26,30)(H,27,29). The molecule has 3 N–H and O–H groups in total. The van der Waals surface area contributed by atoms with Crippen LogP contribution >= 0.6 is 0 Å². The first-order chi connectivity index (χ1) is 15.2. The average Bonchev–Trinajstić information content (AvgIpc) is 2.77. The predicted molar refractivity (Wildman–Crippen MR) is 123 cm³/mol. The van der Waals surface area contributed by atoms with Crippen LogP contribution in [-0.4, -0.2) is 36.2 Å². The quantitative estimate of drug-likeness (QED) is 0.592. The number of carbonyl (C=O) groups is 3. The normalized spacial score (nSPS) is 10.3. The van der Waals surface area contributed by atoms with Gasteiger partial charge in [-0.3, -0.25) is 14.4 Å². The minimum absolute atomic E-state index is 0.0727. The van der Waals surface area contributed by atoms with Gasteiger partial charge in [-0.2, -0.15) is 0 Å². The Morgan fingerprint density at radius 1 is 0.875 bits per heavy atom. The Morgan fingerprint density at radius 3 is 2.00 bits per heavy atom. The number of aryl methyl sites for hydroxylation is 1. The zero-order chi connectivity index (χ0) is 23.3. The fraction of sp³-hybridized carbons (Fsp3) is 0.160. The number of rotatable bonds is 7. The van der Waals surface area contributed by atoms with Crippen molar-refractivity contribution < 1.29 is 19.1 Å². The second-order valence-corrected chi connectivity index (χ2v) is 7.47. The number of anilines is 1. The third kappa shape index (κ3) is 5.51. The average molecular weight is 431 g/mol. The van der Waals surface area contributed by atoms with Crippen molar-refractivity contribution in [3.8, 4) is 11.5 Å². The number of nitrogens with zero attached hydrogens (tertiary/aromatic N) is 1. The molecule has 3 amide bonds. The van der Waals surface area contributed by atoms with Crippen LogP contribution < -0.4 is 15.8 Å². The van der Waals surface area contributed by atoms with Gasteiger partial charge in [0.05, 0.1) is 6.54 Å². The van der Waals surface area contributed by atoms with Gasteiger partial charge in [-0.25, -0.2) is 0 Å². The van der Waals surface area contributed by atoms with Crippen LogP contribution in [0.1, 0.15) is 31.8 Å². The van der Waals surface area contributed by atoms with Crippen molar-refractivity contribution in [2.75, 3.05) is 18.9 Å². The second kappa shape index (κ2) is 9.78. The highest BCUT2D eigenvalue weighted by Gasteiger charge is 2.16. The van der Waals surface area contributed by atoms with Crippen molar-refractivity contribution in [3.05, 3.63) is 89.0 Å². The van der Waals surface area contributed by atoms with Crippen LogP contribution in [0.2, 0.25) is 0 Å². The van der Waals surface area contributed by atoms with Gasteiger partial charge in [0, 0.05) is 23.9 Å². The molecule has 0 radical (unpaired) electrons. The first-order valence-electron chi connectivity index (χ1n) is 10.0. The fourth-order valence-corrected chi connectivity index (χ4v) is 3.07. The number of carbonyl (C=O) groups excluding carboxylic acids is 3. The molecule has 0 spiro atoms. The Bertz CT molecular complexity index is 1140. The van der Waals surface area contributed by atoms with E-state index in [2.05, 4.69) is 5.32 Å². The fourth-order valence-electron chi connectivity index (χ4n) is 3.07. The van der Waals surface area contributed by atoms with Gasteiger partial charge in [-0.15, -0.1) is 0 Å². The van der Waals surface area contributed by atoms with Crippen molar-refractivity contribution in [2.45, 2.75) is 13.8 Å². The molecule has 164 valence electrons. The summed E-state index contributed by atoms with van der Waals surface area (Å²) >= 11 is 0. The highest BCUT2D eigenvalue weighted by molar-refractivity contribution is 5.99. The summed E-state index contributed by atoms with van der Waals surface area (Å²) in [6.07, 6.45) is 0. The lowest BCUT2D eigenvalue weighted by Crippen LogP contribution is -2.35. The maximum absolute atomic E-state index is 12.7. The number of nitrogens with one attached hydrogen (secondary N) is 1. The molecule has 0 aliphatic rings. The van der Waals surface area contributed by atoms with E-state index in [-0.39, 0.29) is 18.4 Å². The van der Waals surface area contributed by atoms with Crippen molar-refractivity contribution >= 4 is 23.4 Å². The molecule has 32 heavy (non-hydrogen) atoms. The van der Waals surface area contributed by atoms with Gasteiger partial charge >= 0.3 is 0 Å². The number of ether oxygens (including phenoxy) is 1. The Balaban J connectivity index is 1.58. The van der Waals surface area contributed by atoms with Gasteiger partial charge in [-0.05, 0) is 79.6 Å². The Hall–Kier alpha value is -4.13. The smallest absolute Gasteiger partial charge is 0.254 e. The SMILES string of the molecule is Cc1cccc(NC(=O)CN(C)C(=O)c2ccc(Oc3ccc(C(N)=O)cc3)cc2)c1C. The van der Waals surface area contributed by atoms with Gasteiger partial charge in [0.2, 0.25) is 11.8 Å². The molecule has 0 aliphatic heterocycles. The number of likely N-dealkylation sites (N-methyl/N-ethyl adjacent to an activating group) is 1. The summed E-state index contributed by atoms with van der Waals surface area (Å²) in [4.78, 5) is 37.6. The summed E-state index contributed by atoms with van der Waals surface area (Å²) in [5.41, 5.74) is 8.87. The monoisotopic (exact) mass is 431 g/mol. The number of hydrogen-bond acceptors (Lipinski definition) is 4. The molecule has 0 unspecified atom stereocenters. The Labute approximate surface area is 186 Å². The second-order valence-electron chi connectivity index (χ2n) is 7.47. The van der Waals surface area contributed by atoms with Crippen molar-refractivity contribution in [2.24, 2.45) is 5.73 Å². The van der Waals surface area contributed by atoms with E-state index in [0.29, 0.717) is 22.6 Å². The van der Waals surface area contributed by atoms with Crippen LogP contribution in [-0.2, 0) is 4.79 Å². The van der Waals surface area contributed by atoms with Crippen LogP contribution in [0.25, 0.3) is 0 Å². The number of amides is 3. The van der Waals surface area contributed by atoms with E-state index in [0.717, 1.165) is 16.8 Å². The number of primary amides is 1. The molecular formula is C25H25N3O4. The molecule has 7 heteroatoms. The molecule has 0 heterocycles. The molecule has 7 nitrogen and oxygen atoms in total. The van der Waals surface area contributed by atoms with E-state index < -0.39 is 5.91 Å². The zero-order valence-corrected chi connectivity index (χ0v) is 18.2. The molecule has 0 atom stereocenters. The lowest BCUT2D eigenvalue weighted by atomic mass is 10.1. The lowest BCUT2D eigenvalue weighted by Gasteiger charge is -2.18. The molecule has 0 saturated carbocycles. The molecule has 0 fully saturated rings. The maximum atomic E-state index is 12.7. The largest absolute Gasteiger partial charge is 0.457 e. The predicted octanol–water partition coefficient (Wildman–Crippen LogP) is 3.91. The van der Waals surface area contributed by atoms with Gasteiger partial charge in [0.25, 0.3) is 5.91 Å². The van der Waals surface area contributed by atoms with Crippen LogP contribution in [0, 0.1) is 13.8 Å². The van der Waals surface area contributed by atoms with Gasteiger partial charge < -0.3 is 20.7 Å². The zero-order valence-electron chi connectivity index (χ0n) is 18.2. The number of nitrogens with two attached hydrogens (primary N) is 1. The first-order valence-corrected chi connectivity index (χ1v) is 10.0. The van der Waals surface area contributed by atoms with E-state index in [1.807, 2.05) is 32.0 Å². The molecule has 0 saturated heterocycles. The van der Waals surface area contributed by atoms with E-state index in [1.54, 1.807) is 55.6 Å². The summed E-state index contributed by atoms with van der Waals surface area (Å²) in [6, 6.07) is 18.7. The van der Waals surface area contributed by atoms with E-state index in [1.165, 1.54) is 4.90 Å². The molecule has 3 aromatic rings. The molecule has 0 aliphatic carbocycles. The van der Waals surface area contributed by atoms with Crippen molar-refractivity contribution in [1.29, 1.82) is 0 Å². The highest BCUT2D eigenvalue weighted by atomic mass is 16.5. The molecule has 3 rings (SSSR count). The highest BCUT2D eigenvalue weighted by Crippen LogP contribution is 2.22. The summed E-state index contributed by atoms with van der Waals surface area (Å²) in [7, 11) is 1.58. The molecule has 3 aromatic carbocycles. The number of benzene rings is 3. The Kier molecular flexibility index (Phi) is 6.90. The van der Waals surface area contributed by atoms with Crippen LogP contribution in [0.5, 0.6) is 11.5 Å². The lowest BCUT2D eigenvalue weighted by molar-refractivity contribution is -0.116. The summed E-state index contributed by atoms with van der Waals surface area (Å²) in [5.74, 6) is 0.0108. The minimum atomic E-state index is -0.508. The minimum Gasteiger partial charge on any atom is -0.457 e. The topological polar surface area (TPSA) is 102 Å². The van der Waals surface area contributed by atoms with E-state index in [9.17, 15) is 14.4 Å². The van der Waals surface area contributed by atoms with Gasteiger partial charge in [0.15, 0.2) is 0 Å². The summed E-state index contributed by atoms with van der Waals surface area (Å²) in [6.45, 7) is 3.84.